The number of hydrogen-bond acceptors (Lipinski definition) is 4. The minimum atomic E-state index is 0.158. The Balaban J connectivity index is 1.93. The van der Waals surface area contributed by atoms with Crippen LogP contribution in [0.4, 0.5) is 0 Å². The molecule has 0 saturated carbocycles. The summed E-state index contributed by atoms with van der Waals surface area (Å²) in [6, 6.07) is 17.7. The van der Waals surface area contributed by atoms with E-state index in [0.29, 0.717) is 25.1 Å². The molecule has 0 atom stereocenters. The fourth-order valence-electron chi connectivity index (χ4n) is 2.46. The van der Waals surface area contributed by atoms with Crippen LogP contribution in [0.25, 0.3) is 0 Å². The lowest BCUT2D eigenvalue weighted by Crippen LogP contribution is -2.36. The third-order valence-corrected chi connectivity index (χ3v) is 5.57. The summed E-state index contributed by atoms with van der Waals surface area (Å²) < 4.78 is 1.06. The smallest absolute Gasteiger partial charge is 0.223 e. The third-order valence-electron chi connectivity index (χ3n) is 4.02. The SMILES string of the molecule is CN(C)CCN(Cc1ccc(C#N)cc1)C(=O)CCSc1ccc(Br)cc1. The molecule has 0 N–H and O–H groups in total. The number of benzene rings is 2. The van der Waals surface area contributed by atoms with Gasteiger partial charge < -0.3 is 9.80 Å². The first-order valence-corrected chi connectivity index (χ1v) is 10.6. The van der Waals surface area contributed by atoms with E-state index in [4.69, 9.17) is 5.26 Å². The van der Waals surface area contributed by atoms with Crippen LogP contribution in [-0.2, 0) is 11.3 Å². The van der Waals surface area contributed by atoms with Crippen LogP contribution in [0.2, 0.25) is 0 Å². The molecule has 142 valence electrons. The summed E-state index contributed by atoms with van der Waals surface area (Å²) in [7, 11) is 4.02. The third kappa shape index (κ3) is 7.76. The van der Waals surface area contributed by atoms with Gasteiger partial charge in [-0.3, -0.25) is 4.79 Å². The Labute approximate surface area is 174 Å². The van der Waals surface area contributed by atoms with Crippen molar-refractivity contribution in [2.45, 2.75) is 17.9 Å². The molecule has 2 rings (SSSR count). The number of hydrogen-bond donors (Lipinski definition) is 0. The summed E-state index contributed by atoms with van der Waals surface area (Å²) in [6.45, 7) is 2.08. The molecule has 0 spiro atoms. The molecule has 1 amide bonds. The maximum absolute atomic E-state index is 12.8. The Hall–Kier alpha value is -1.81. The number of nitriles is 1. The number of likely N-dealkylation sites (N-methyl/N-ethyl adjacent to an activating group) is 1. The van der Waals surface area contributed by atoms with Crippen molar-refractivity contribution in [1.82, 2.24) is 9.80 Å². The van der Waals surface area contributed by atoms with Crippen molar-refractivity contribution in [2.24, 2.45) is 0 Å². The van der Waals surface area contributed by atoms with Crippen molar-refractivity contribution in [3.05, 3.63) is 64.1 Å². The van der Waals surface area contributed by atoms with Crippen LogP contribution in [0.3, 0.4) is 0 Å². The highest BCUT2D eigenvalue weighted by Crippen LogP contribution is 2.21. The van der Waals surface area contributed by atoms with Crippen LogP contribution < -0.4 is 0 Å². The maximum Gasteiger partial charge on any atom is 0.223 e. The van der Waals surface area contributed by atoms with Crippen LogP contribution in [0.15, 0.2) is 57.9 Å². The minimum absolute atomic E-state index is 0.158. The zero-order chi connectivity index (χ0) is 19.6. The quantitative estimate of drug-likeness (QED) is 0.536. The molecular formula is C21H24BrN3OS. The van der Waals surface area contributed by atoms with Gasteiger partial charge in [0.1, 0.15) is 0 Å². The van der Waals surface area contributed by atoms with Crippen LogP contribution in [0.1, 0.15) is 17.5 Å². The zero-order valence-electron chi connectivity index (χ0n) is 15.7. The Kier molecular flexibility index (Phi) is 8.86. The highest BCUT2D eigenvalue weighted by atomic mass is 79.9. The number of thioether (sulfide) groups is 1. The molecule has 0 aliphatic heterocycles. The lowest BCUT2D eigenvalue weighted by atomic mass is 10.1. The molecule has 0 saturated heterocycles. The van der Waals surface area contributed by atoms with E-state index in [2.05, 4.69) is 39.0 Å². The van der Waals surface area contributed by atoms with Crippen molar-refractivity contribution in [1.29, 1.82) is 5.26 Å². The molecule has 2 aromatic rings. The molecule has 2 aromatic carbocycles. The fraction of sp³-hybridized carbons (Fsp3) is 0.333. The van der Waals surface area contributed by atoms with Gasteiger partial charge in [0.25, 0.3) is 0 Å². The Morgan fingerprint density at radius 3 is 2.33 bits per heavy atom. The first-order valence-electron chi connectivity index (χ1n) is 8.78. The average Bonchev–Trinajstić information content (AvgIpc) is 2.67. The van der Waals surface area contributed by atoms with Gasteiger partial charge in [0.15, 0.2) is 0 Å². The number of carbonyl (C=O) groups excluding carboxylic acids is 1. The van der Waals surface area contributed by atoms with Gasteiger partial charge in [0, 0.05) is 41.2 Å². The normalized spacial score (nSPS) is 10.6. The van der Waals surface area contributed by atoms with E-state index in [1.165, 1.54) is 0 Å². The summed E-state index contributed by atoms with van der Waals surface area (Å²) in [5.74, 6) is 0.914. The molecule has 0 fully saturated rings. The van der Waals surface area contributed by atoms with Gasteiger partial charge in [-0.25, -0.2) is 0 Å². The summed E-state index contributed by atoms with van der Waals surface area (Å²) >= 11 is 5.13. The largest absolute Gasteiger partial charge is 0.337 e. The van der Waals surface area contributed by atoms with E-state index < -0.39 is 0 Å². The van der Waals surface area contributed by atoms with E-state index in [-0.39, 0.29) is 5.91 Å². The number of rotatable bonds is 9. The highest BCUT2D eigenvalue weighted by molar-refractivity contribution is 9.10. The molecule has 0 heterocycles. The summed E-state index contributed by atoms with van der Waals surface area (Å²) in [5, 5.41) is 8.93. The maximum atomic E-state index is 12.8. The second kappa shape index (κ2) is 11.1. The van der Waals surface area contributed by atoms with E-state index in [0.717, 1.165) is 27.2 Å². The molecule has 4 nitrogen and oxygen atoms in total. The topological polar surface area (TPSA) is 47.3 Å². The van der Waals surface area contributed by atoms with Crippen molar-refractivity contribution in [3.8, 4) is 6.07 Å². The summed E-state index contributed by atoms with van der Waals surface area (Å²) in [4.78, 5) is 17.9. The Morgan fingerprint density at radius 2 is 1.74 bits per heavy atom. The predicted molar refractivity (Wildman–Crippen MR) is 115 cm³/mol. The van der Waals surface area contributed by atoms with Crippen LogP contribution in [0, 0.1) is 11.3 Å². The summed E-state index contributed by atoms with van der Waals surface area (Å²) in [5.41, 5.74) is 1.68. The number of halogens is 1. The van der Waals surface area contributed by atoms with Crippen LogP contribution in [0.5, 0.6) is 0 Å². The first-order chi connectivity index (χ1) is 13.0. The molecule has 0 radical (unpaired) electrons. The Bertz CT molecular complexity index is 770. The molecule has 0 bridgehead atoms. The number of amides is 1. The standard InChI is InChI=1S/C21H24BrN3OS/c1-24(2)12-13-25(16-18-5-3-17(15-23)4-6-18)21(26)11-14-27-20-9-7-19(22)8-10-20/h3-10H,11-14,16H2,1-2H3. The van der Waals surface area contributed by atoms with Gasteiger partial charge in [-0.2, -0.15) is 5.26 Å². The van der Waals surface area contributed by atoms with Crippen molar-refractivity contribution < 1.29 is 4.79 Å². The van der Waals surface area contributed by atoms with Gasteiger partial charge in [0.05, 0.1) is 11.6 Å². The lowest BCUT2D eigenvalue weighted by molar-refractivity contribution is -0.131. The van der Waals surface area contributed by atoms with E-state index >= 15 is 0 Å². The van der Waals surface area contributed by atoms with E-state index in [1.54, 1.807) is 23.9 Å². The number of nitrogens with zero attached hydrogens (tertiary/aromatic N) is 3. The molecule has 0 aliphatic rings. The van der Waals surface area contributed by atoms with Crippen LogP contribution in [-0.4, -0.2) is 48.6 Å². The number of carbonyl (C=O) groups is 1. The van der Waals surface area contributed by atoms with E-state index in [9.17, 15) is 4.79 Å². The molecule has 0 aliphatic carbocycles. The monoisotopic (exact) mass is 445 g/mol. The molecule has 0 aromatic heterocycles. The molecule has 27 heavy (non-hydrogen) atoms. The van der Waals surface area contributed by atoms with E-state index in [1.807, 2.05) is 43.3 Å². The molecule has 6 heteroatoms. The van der Waals surface area contributed by atoms with Gasteiger partial charge in [-0.1, -0.05) is 28.1 Å². The zero-order valence-corrected chi connectivity index (χ0v) is 18.1. The fourth-order valence-corrected chi connectivity index (χ4v) is 3.57. The minimum Gasteiger partial charge on any atom is -0.337 e. The van der Waals surface area contributed by atoms with Gasteiger partial charge in [-0.05, 0) is 56.1 Å². The second-order valence-corrected chi connectivity index (χ2v) is 8.56. The van der Waals surface area contributed by atoms with Crippen molar-refractivity contribution in [3.63, 3.8) is 0 Å². The average molecular weight is 446 g/mol. The van der Waals surface area contributed by atoms with Crippen molar-refractivity contribution in [2.75, 3.05) is 32.9 Å². The first kappa shape index (κ1) is 21.5. The summed E-state index contributed by atoms with van der Waals surface area (Å²) in [6.07, 6.45) is 0.504. The molecular weight excluding hydrogens is 422 g/mol. The predicted octanol–water partition coefficient (Wildman–Crippen LogP) is 4.39. The van der Waals surface area contributed by atoms with Gasteiger partial charge in [0.2, 0.25) is 5.91 Å². The van der Waals surface area contributed by atoms with Crippen LogP contribution >= 0.6 is 27.7 Å². The Morgan fingerprint density at radius 1 is 1.07 bits per heavy atom. The molecule has 0 unspecified atom stereocenters. The van der Waals surface area contributed by atoms with Gasteiger partial charge >= 0.3 is 0 Å². The lowest BCUT2D eigenvalue weighted by Gasteiger charge is -2.24. The highest BCUT2D eigenvalue weighted by Gasteiger charge is 2.14. The second-order valence-electron chi connectivity index (χ2n) is 6.48. The van der Waals surface area contributed by atoms with Gasteiger partial charge in [-0.15, -0.1) is 11.8 Å². The van der Waals surface area contributed by atoms with Crippen molar-refractivity contribution >= 4 is 33.6 Å².